The van der Waals surface area contributed by atoms with Crippen LogP contribution in [0.4, 0.5) is 0 Å². The Morgan fingerprint density at radius 3 is 2.61 bits per heavy atom. The lowest BCUT2D eigenvalue weighted by Crippen LogP contribution is -2.46. The quantitative estimate of drug-likeness (QED) is 0.691. The summed E-state index contributed by atoms with van der Waals surface area (Å²) in [5, 5.41) is 4.68. The summed E-state index contributed by atoms with van der Waals surface area (Å²) in [5.41, 5.74) is 0.237. The van der Waals surface area contributed by atoms with Crippen LogP contribution in [-0.2, 0) is 0 Å². The number of nitrogens with zero attached hydrogens (tertiary/aromatic N) is 1. The van der Waals surface area contributed by atoms with Crippen LogP contribution < -0.4 is 5.32 Å². The highest BCUT2D eigenvalue weighted by molar-refractivity contribution is 8.13. The number of hydrogen-bond acceptors (Lipinski definition) is 2. The van der Waals surface area contributed by atoms with E-state index in [1.54, 1.807) is 0 Å². The topological polar surface area (TPSA) is 24.4 Å². The summed E-state index contributed by atoms with van der Waals surface area (Å²) < 4.78 is 0. The maximum absolute atomic E-state index is 4.68. The van der Waals surface area contributed by atoms with Crippen molar-refractivity contribution in [3.8, 4) is 0 Å². The van der Waals surface area contributed by atoms with Gasteiger partial charge in [0.25, 0.3) is 0 Å². The van der Waals surface area contributed by atoms with Crippen molar-refractivity contribution in [3.05, 3.63) is 0 Å². The smallest absolute Gasteiger partial charge is 0.156 e. The zero-order chi connectivity index (χ0) is 13.4. The molecule has 106 valence electrons. The number of nitrogens with one attached hydrogen (secondary N) is 1. The van der Waals surface area contributed by atoms with Gasteiger partial charge in [0.05, 0.1) is 0 Å². The molecule has 0 aromatic carbocycles. The van der Waals surface area contributed by atoms with Crippen LogP contribution in [-0.4, -0.2) is 23.0 Å². The predicted molar refractivity (Wildman–Crippen MR) is 84.5 cm³/mol. The molecular formula is C15H30N2S. The number of unbranched alkanes of at least 4 members (excludes halogenated alkanes) is 3. The van der Waals surface area contributed by atoms with Gasteiger partial charge in [0.1, 0.15) is 0 Å². The second-order valence-corrected chi connectivity index (χ2v) is 7.47. The lowest BCUT2D eigenvalue weighted by atomic mass is 10.0. The Morgan fingerprint density at radius 2 is 1.94 bits per heavy atom. The monoisotopic (exact) mass is 270 g/mol. The lowest BCUT2D eigenvalue weighted by Gasteiger charge is -2.32. The van der Waals surface area contributed by atoms with Crippen molar-refractivity contribution < 1.29 is 0 Å². The van der Waals surface area contributed by atoms with Gasteiger partial charge in [-0.1, -0.05) is 51.3 Å². The van der Waals surface area contributed by atoms with E-state index in [2.05, 4.69) is 38.0 Å². The molecule has 3 heteroatoms. The van der Waals surface area contributed by atoms with E-state index in [4.69, 9.17) is 0 Å². The molecule has 0 radical (unpaired) electrons. The number of thioether (sulfide) groups is 1. The van der Waals surface area contributed by atoms with Crippen molar-refractivity contribution in [2.24, 2.45) is 10.9 Å². The van der Waals surface area contributed by atoms with E-state index < -0.39 is 0 Å². The normalized spacial score (nSPS) is 21.3. The fourth-order valence-corrected chi connectivity index (χ4v) is 3.41. The molecule has 0 saturated carbocycles. The summed E-state index contributed by atoms with van der Waals surface area (Å²) in [6.45, 7) is 10.1. The summed E-state index contributed by atoms with van der Waals surface area (Å²) in [5.74, 6) is 2.06. The highest BCUT2D eigenvalue weighted by atomic mass is 32.2. The van der Waals surface area contributed by atoms with Crippen molar-refractivity contribution in [1.82, 2.24) is 5.32 Å². The van der Waals surface area contributed by atoms with Gasteiger partial charge in [-0.3, -0.25) is 4.99 Å². The van der Waals surface area contributed by atoms with Gasteiger partial charge in [0.15, 0.2) is 5.17 Å². The van der Waals surface area contributed by atoms with Crippen LogP contribution in [0.25, 0.3) is 0 Å². The van der Waals surface area contributed by atoms with Crippen LogP contribution in [0.2, 0.25) is 0 Å². The van der Waals surface area contributed by atoms with Crippen LogP contribution in [0, 0.1) is 5.92 Å². The van der Waals surface area contributed by atoms with Gasteiger partial charge < -0.3 is 5.32 Å². The summed E-state index contributed by atoms with van der Waals surface area (Å²) >= 11 is 1.88. The first-order valence-electron chi connectivity index (χ1n) is 7.45. The van der Waals surface area contributed by atoms with Gasteiger partial charge in [-0.15, -0.1) is 0 Å². The molecule has 0 aliphatic carbocycles. The average molecular weight is 270 g/mol. The largest absolute Gasteiger partial charge is 0.360 e. The third-order valence-corrected chi connectivity index (χ3v) is 4.27. The summed E-state index contributed by atoms with van der Waals surface area (Å²) in [4.78, 5) is 4.68. The lowest BCUT2D eigenvalue weighted by molar-refractivity contribution is 0.446. The molecule has 1 fully saturated rings. The fourth-order valence-electron chi connectivity index (χ4n) is 2.07. The second kappa shape index (κ2) is 8.08. The van der Waals surface area contributed by atoms with Crippen molar-refractivity contribution in [2.45, 2.75) is 71.8 Å². The van der Waals surface area contributed by atoms with Gasteiger partial charge in [0.2, 0.25) is 0 Å². The van der Waals surface area contributed by atoms with Gasteiger partial charge in [0, 0.05) is 17.8 Å². The molecule has 1 aliphatic heterocycles. The van der Waals surface area contributed by atoms with Crippen molar-refractivity contribution in [2.75, 3.05) is 12.3 Å². The molecule has 1 saturated heterocycles. The SMILES string of the molecule is CC(C)CCCCCCN=C1NC(C)(C)CCS1. The molecule has 0 bridgehead atoms. The number of hydrogen-bond donors (Lipinski definition) is 1. The highest BCUT2D eigenvalue weighted by Gasteiger charge is 2.23. The van der Waals surface area contributed by atoms with Gasteiger partial charge >= 0.3 is 0 Å². The van der Waals surface area contributed by atoms with Crippen LogP contribution >= 0.6 is 11.8 Å². The molecule has 0 amide bonds. The van der Waals surface area contributed by atoms with E-state index >= 15 is 0 Å². The Morgan fingerprint density at radius 1 is 1.22 bits per heavy atom. The van der Waals surface area contributed by atoms with Crippen LogP contribution in [0.15, 0.2) is 4.99 Å². The molecule has 0 atom stereocenters. The molecule has 0 spiro atoms. The Balaban J connectivity index is 2.06. The van der Waals surface area contributed by atoms with E-state index in [1.165, 1.54) is 44.3 Å². The van der Waals surface area contributed by atoms with Crippen molar-refractivity contribution >= 4 is 16.9 Å². The third kappa shape index (κ3) is 7.30. The minimum absolute atomic E-state index is 0.237. The number of rotatable bonds is 7. The first-order valence-corrected chi connectivity index (χ1v) is 8.43. The van der Waals surface area contributed by atoms with Crippen molar-refractivity contribution in [1.29, 1.82) is 0 Å². The molecule has 1 N–H and O–H groups in total. The summed E-state index contributed by atoms with van der Waals surface area (Å²) in [6.07, 6.45) is 7.93. The molecule has 0 aromatic heterocycles. The van der Waals surface area contributed by atoms with E-state index in [1.807, 2.05) is 11.8 Å². The Labute approximate surface area is 117 Å². The molecule has 0 aromatic rings. The molecule has 1 aliphatic rings. The van der Waals surface area contributed by atoms with E-state index in [-0.39, 0.29) is 5.54 Å². The second-order valence-electron chi connectivity index (χ2n) is 6.39. The molecule has 18 heavy (non-hydrogen) atoms. The summed E-state index contributed by atoms with van der Waals surface area (Å²) in [6, 6.07) is 0. The van der Waals surface area contributed by atoms with Gasteiger partial charge in [-0.25, -0.2) is 0 Å². The number of aliphatic imine (C=N–C) groups is 1. The van der Waals surface area contributed by atoms with Crippen molar-refractivity contribution in [3.63, 3.8) is 0 Å². The first kappa shape index (κ1) is 15.9. The van der Waals surface area contributed by atoms with Crippen LogP contribution in [0.3, 0.4) is 0 Å². The van der Waals surface area contributed by atoms with E-state index in [0.717, 1.165) is 17.6 Å². The maximum Gasteiger partial charge on any atom is 0.156 e. The van der Waals surface area contributed by atoms with E-state index in [0.29, 0.717) is 0 Å². The molecule has 0 unspecified atom stereocenters. The molecule has 2 nitrogen and oxygen atoms in total. The van der Waals surface area contributed by atoms with Gasteiger partial charge in [-0.2, -0.15) is 0 Å². The van der Waals surface area contributed by atoms with Gasteiger partial charge in [-0.05, 0) is 32.6 Å². The zero-order valence-electron chi connectivity index (χ0n) is 12.6. The number of amidine groups is 1. The predicted octanol–water partition coefficient (Wildman–Crippen LogP) is 4.45. The Bertz CT molecular complexity index is 259. The minimum atomic E-state index is 0.237. The average Bonchev–Trinajstić information content (AvgIpc) is 2.26. The summed E-state index contributed by atoms with van der Waals surface area (Å²) in [7, 11) is 0. The Hall–Kier alpha value is -0.180. The minimum Gasteiger partial charge on any atom is -0.360 e. The zero-order valence-corrected chi connectivity index (χ0v) is 13.4. The third-order valence-electron chi connectivity index (χ3n) is 3.36. The fraction of sp³-hybridized carbons (Fsp3) is 0.933. The Kier molecular flexibility index (Phi) is 7.13. The highest BCUT2D eigenvalue weighted by Crippen LogP contribution is 2.21. The van der Waals surface area contributed by atoms with Crippen LogP contribution in [0.5, 0.6) is 0 Å². The van der Waals surface area contributed by atoms with E-state index in [9.17, 15) is 0 Å². The molecule has 1 heterocycles. The maximum atomic E-state index is 4.68. The molecular weight excluding hydrogens is 240 g/mol. The molecule has 1 rings (SSSR count). The standard InChI is InChI=1S/C15H30N2S/c1-13(2)9-7-5-6-8-11-16-14-17-15(3,4)10-12-18-14/h13H,5-12H2,1-4H3,(H,16,17). The van der Waals surface area contributed by atoms with Crippen LogP contribution in [0.1, 0.15) is 66.2 Å². The first-order chi connectivity index (χ1) is 8.49.